The molecule has 0 saturated carbocycles. The normalized spacial score (nSPS) is 11.1. The molecule has 0 aliphatic rings. The van der Waals surface area contributed by atoms with Gasteiger partial charge in [0.15, 0.2) is 5.00 Å². The molecule has 6 nitrogen and oxygen atoms in total. The van der Waals surface area contributed by atoms with Gasteiger partial charge in [0.25, 0.3) is 5.88 Å². The first-order valence-electron chi connectivity index (χ1n) is 7.04. The molecule has 0 bridgehead atoms. The van der Waals surface area contributed by atoms with E-state index in [9.17, 15) is 4.79 Å². The van der Waals surface area contributed by atoms with Crippen molar-refractivity contribution in [3.05, 3.63) is 29.4 Å². The zero-order valence-electron chi connectivity index (χ0n) is 13.1. The Labute approximate surface area is 133 Å². The number of carbonyl (C=O) groups is 1. The molecule has 1 amide bonds. The lowest BCUT2D eigenvalue weighted by atomic mass is 10.0. The molecule has 118 valence electrons. The van der Waals surface area contributed by atoms with E-state index in [4.69, 9.17) is 4.74 Å². The van der Waals surface area contributed by atoms with Crippen LogP contribution in [0.2, 0.25) is 0 Å². The van der Waals surface area contributed by atoms with Crippen molar-refractivity contribution < 1.29 is 9.53 Å². The minimum atomic E-state index is -0.610. The average Bonchev–Trinajstić information content (AvgIpc) is 2.85. The summed E-state index contributed by atoms with van der Waals surface area (Å²) < 4.78 is 5.27. The first-order valence-corrected chi connectivity index (χ1v) is 7.92. The Bertz CT molecular complexity index is 654. The monoisotopic (exact) mass is 320 g/mol. The second kappa shape index (κ2) is 6.74. The largest absolute Gasteiger partial charge is 0.419 e. The quantitative estimate of drug-likeness (QED) is 0.869. The van der Waals surface area contributed by atoms with Crippen LogP contribution in [0.3, 0.4) is 0 Å². The standard InChI is InChI=1S/C15H20N4O2S/c1-5-15(3,4)19-13-12(16-9-22-13)21-14(20)18-11-8-6-7-10(2)17-11/h6-9,19H,5H2,1-4H3,(H,17,18,20). The molecule has 2 rings (SSSR count). The maximum absolute atomic E-state index is 11.9. The van der Waals surface area contributed by atoms with E-state index >= 15 is 0 Å². The number of thiazole rings is 1. The van der Waals surface area contributed by atoms with Gasteiger partial charge in [-0.15, -0.1) is 11.3 Å². The number of ether oxygens (including phenoxy) is 1. The SMILES string of the molecule is CCC(C)(C)Nc1scnc1OC(=O)Nc1cccc(C)n1. The number of pyridine rings is 1. The van der Waals surface area contributed by atoms with E-state index in [0.29, 0.717) is 5.82 Å². The summed E-state index contributed by atoms with van der Waals surface area (Å²) in [6.07, 6.45) is 0.324. The predicted molar refractivity (Wildman–Crippen MR) is 88.7 cm³/mol. The first kappa shape index (κ1) is 16.2. The molecule has 2 aromatic rings. The van der Waals surface area contributed by atoms with Gasteiger partial charge in [0.05, 0.1) is 5.51 Å². The van der Waals surface area contributed by atoms with Crippen molar-refractivity contribution in [2.24, 2.45) is 0 Å². The molecule has 2 N–H and O–H groups in total. The molecule has 0 aromatic carbocycles. The highest BCUT2D eigenvalue weighted by Gasteiger charge is 2.20. The second-order valence-corrected chi connectivity index (χ2v) is 6.38. The van der Waals surface area contributed by atoms with Crippen LogP contribution in [0.5, 0.6) is 5.88 Å². The summed E-state index contributed by atoms with van der Waals surface area (Å²) in [6, 6.07) is 5.37. The number of aryl methyl sites for hydroxylation is 1. The maximum Gasteiger partial charge on any atom is 0.419 e. The van der Waals surface area contributed by atoms with Gasteiger partial charge < -0.3 is 10.1 Å². The minimum absolute atomic E-state index is 0.0980. The van der Waals surface area contributed by atoms with E-state index < -0.39 is 6.09 Å². The van der Waals surface area contributed by atoms with Crippen LogP contribution in [0, 0.1) is 6.92 Å². The Morgan fingerprint density at radius 3 is 2.86 bits per heavy atom. The van der Waals surface area contributed by atoms with E-state index in [0.717, 1.165) is 17.1 Å². The number of nitrogens with zero attached hydrogens (tertiary/aromatic N) is 2. The van der Waals surface area contributed by atoms with E-state index in [1.807, 2.05) is 19.1 Å². The van der Waals surface area contributed by atoms with Crippen molar-refractivity contribution >= 4 is 28.2 Å². The van der Waals surface area contributed by atoms with Gasteiger partial charge in [-0.3, -0.25) is 5.32 Å². The highest BCUT2D eigenvalue weighted by Crippen LogP contribution is 2.31. The molecule has 2 aromatic heterocycles. The molecule has 0 spiro atoms. The summed E-state index contributed by atoms with van der Waals surface area (Å²) >= 11 is 1.40. The molecule has 0 fully saturated rings. The lowest BCUT2D eigenvalue weighted by Crippen LogP contribution is -2.29. The fraction of sp³-hybridized carbons (Fsp3) is 0.400. The molecular formula is C15H20N4O2S. The van der Waals surface area contributed by atoms with Crippen LogP contribution >= 0.6 is 11.3 Å². The third kappa shape index (κ3) is 4.42. The zero-order chi connectivity index (χ0) is 16.2. The minimum Gasteiger partial charge on any atom is -0.388 e. The molecular weight excluding hydrogens is 300 g/mol. The van der Waals surface area contributed by atoms with Crippen molar-refractivity contribution in [2.75, 3.05) is 10.6 Å². The summed E-state index contributed by atoms with van der Waals surface area (Å²) in [4.78, 5) is 20.2. The van der Waals surface area contributed by atoms with Gasteiger partial charge in [-0.2, -0.15) is 0 Å². The van der Waals surface area contributed by atoms with Gasteiger partial charge in [0.1, 0.15) is 5.82 Å². The van der Waals surface area contributed by atoms with Crippen LogP contribution < -0.4 is 15.4 Å². The number of hydrogen-bond donors (Lipinski definition) is 2. The lowest BCUT2D eigenvalue weighted by Gasteiger charge is -2.24. The number of hydrogen-bond acceptors (Lipinski definition) is 6. The summed E-state index contributed by atoms with van der Waals surface area (Å²) in [7, 11) is 0. The number of nitrogens with one attached hydrogen (secondary N) is 2. The Morgan fingerprint density at radius 1 is 1.41 bits per heavy atom. The third-order valence-corrected chi connectivity index (χ3v) is 3.90. The van der Waals surface area contributed by atoms with Crippen LogP contribution in [0.15, 0.2) is 23.7 Å². The zero-order valence-corrected chi connectivity index (χ0v) is 14.0. The number of rotatable bonds is 5. The molecule has 0 saturated heterocycles. The Kier molecular flexibility index (Phi) is 4.97. The fourth-order valence-electron chi connectivity index (χ4n) is 1.62. The average molecular weight is 320 g/mol. The van der Waals surface area contributed by atoms with Gasteiger partial charge in [-0.1, -0.05) is 13.0 Å². The predicted octanol–water partition coefficient (Wildman–Crippen LogP) is 4.06. The summed E-state index contributed by atoms with van der Waals surface area (Å²) in [5.41, 5.74) is 2.36. The highest BCUT2D eigenvalue weighted by molar-refractivity contribution is 7.14. The maximum atomic E-state index is 11.9. The van der Waals surface area contributed by atoms with E-state index in [2.05, 4.69) is 41.4 Å². The molecule has 0 radical (unpaired) electrons. The summed E-state index contributed by atoms with van der Waals surface area (Å²) in [5, 5.41) is 6.66. The van der Waals surface area contributed by atoms with E-state index in [-0.39, 0.29) is 11.4 Å². The molecule has 0 unspecified atom stereocenters. The van der Waals surface area contributed by atoms with Crippen molar-refractivity contribution in [3.63, 3.8) is 0 Å². The van der Waals surface area contributed by atoms with E-state index in [1.165, 1.54) is 11.3 Å². The molecule has 22 heavy (non-hydrogen) atoms. The van der Waals surface area contributed by atoms with Crippen molar-refractivity contribution in [2.45, 2.75) is 39.7 Å². The van der Waals surface area contributed by atoms with Gasteiger partial charge in [0.2, 0.25) is 0 Å². The highest BCUT2D eigenvalue weighted by atomic mass is 32.1. The van der Waals surface area contributed by atoms with Crippen LogP contribution in [-0.2, 0) is 0 Å². The molecule has 0 aliphatic carbocycles. The summed E-state index contributed by atoms with van der Waals surface area (Å²) in [6.45, 7) is 8.09. The summed E-state index contributed by atoms with van der Waals surface area (Å²) in [5.74, 6) is 0.723. The molecule has 2 heterocycles. The molecule has 0 aliphatic heterocycles. The van der Waals surface area contributed by atoms with Crippen LogP contribution in [0.1, 0.15) is 32.9 Å². The Balaban J connectivity index is 2.02. The van der Waals surface area contributed by atoms with Crippen molar-refractivity contribution in [1.82, 2.24) is 9.97 Å². The van der Waals surface area contributed by atoms with Crippen molar-refractivity contribution in [1.29, 1.82) is 0 Å². The number of aromatic nitrogens is 2. The molecule has 7 heteroatoms. The third-order valence-electron chi connectivity index (χ3n) is 3.18. The van der Waals surface area contributed by atoms with Crippen LogP contribution in [-0.4, -0.2) is 21.6 Å². The second-order valence-electron chi connectivity index (χ2n) is 5.53. The topological polar surface area (TPSA) is 76.1 Å². The number of amides is 1. The first-order chi connectivity index (χ1) is 10.4. The van der Waals surface area contributed by atoms with Gasteiger partial charge >= 0.3 is 6.09 Å². The van der Waals surface area contributed by atoms with Gasteiger partial charge in [0, 0.05) is 11.2 Å². The molecule has 0 atom stereocenters. The number of anilines is 2. The number of carbonyl (C=O) groups excluding carboxylic acids is 1. The lowest BCUT2D eigenvalue weighted by molar-refractivity contribution is 0.213. The van der Waals surface area contributed by atoms with Gasteiger partial charge in [-0.25, -0.2) is 14.8 Å². The smallest absolute Gasteiger partial charge is 0.388 e. The van der Waals surface area contributed by atoms with E-state index in [1.54, 1.807) is 11.6 Å². The Hall–Kier alpha value is -2.15. The van der Waals surface area contributed by atoms with Crippen LogP contribution in [0.25, 0.3) is 0 Å². The fourth-order valence-corrected chi connectivity index (χ4v) is 2.40. The van der Waals surface area contributed by atoms with Crippen LogP contribution in [0.4, 0.5) is 15.6 Å². The van der Waals surface area contributed by atoms with Gasteiger partial charge in [-0.05, 0) is 39.3 Å². The van der Waals surface area contributed by atoms with Crippen molar-refractivity contribution in [3.8, 4) is 5.88 Å². The Morgan fingerprint density at radius 2 is 2.18 bits per heavy atom.